The van der Waals surface area contributed by atoms with E-state index in [2.05, 4.69) is 22.3 Å². The molecule has 0 radical (unpaired) electrons. The number of benzene rings is 3. The van der Waals surface area contributed by atoms with Crippen molar-refractivity contribution in [3.8, 4) is 5.75 Å². The summed E-state index contributed by atoms with van der Waals surface area (Å²) in [6.07, 6.45) is 5.32. The summed E-state index contributed by atoms with van der Waals surface area (Å²) in [6, 6.07) is 20.1. The second-order valence-corrected chi connectivity index (χ2v) is 7.75. The molecule has 0 amide bonds. The van der Waals surface area contributed by atoms with Crippen LogP contribution in [0.1, 0.15) is 21.6 Å². The van der Waals surface area contributed by atoms with Gasteiger partial charge in [0.25, 0.3) is 0 Å². The molecule has 3 aromatic carbocycles. The predicted octanol–water partition coefficient (Wildman–Crippen LogP) is 5.84. The first-order chi connectivity index (χ1) is 15.6. The Balaban J connectivity index is 1.56. The summed E-state index contributed by atoms with van der Waals surface area (Å²) in [6.45, 7) is 6.36. The van der Waals surface area contributed by atoms with Crippen LogP contribution >= 0.6 is 0 Å². The molecule has 32 heavy (non-hydrogen) atoms. The number of methoxy groups -OCH3 is 1. The van der Waals surface area contributed by atoms with Gasteiger partial charge in [0, 0.05) is 6.54 Å². The van der Waals surface area contributed by atoms with Crippen molar-refractivity contribution in [3.63, 3.8) is 0 Å². The van der Waals surface area contributed by atoms with E-state index >= 15 is 0 Å². The molecule has 0 saturated carbocycles. The first-order valence-corrected chi connectivity index (χ1v) is 10.5. The molecule has 0 saturated heterocycles. The monoisotopic (exact) mass is 421 g/mol. The maximum Gasteiger partial charge on any atom is 0.191 e. The normalized spacial score (nSPS) is 11.7. The number of hydrogen-bond acceptors (Lipinski definition) is 3. The van der Waals surface area contributed by atoms with Crippen molar-refractivity contribution in [2.24, 2.45) is 0 Å². The predicted molar refractivity (Wildman–Crippen MR) is 129 cm³/mol. The third-order valence-corrected chi connectivity index (χ3v) is 5.75. The fraction of sp³-hybridized carbons (Fsp3) is 0.111. The number of allylic oxidation sites excluding steroid dienone is 2. The molecule has 0 bridgehead atoms. The summed E-state index contributed by atoms with van der Waals surface area (Å²) < 4.78 is 9.24. The molecule has 0 spiro atoms. The highest BCUT2D eigenvalue weighted by Crippen LogP contribution is 2.27. The minimum absolute atomic E-state index is 0.0690. The Morgan fingerprint density at radius 2 is 1.81 bits per heavy atom. The number of aromatic nitrogens is 3. The molecule has 5 nitrogen and oxygen atoms in total. The van der Waals surface area contributed by atoms with Gasteiger partial charge in [-0.15, -0.1) is 6.58 Å². The van der Waals surface area contributed by atoms with Gasteiger partial charge in [0.2, 0.25) is 0 Å². The number of hydrogen-bond donors (Lipinski definition) is 0. The quantitative estimate of drug-likeness (QED) is 0.197. The molecule has 0 aliphatic carbocycles. The first-order valence-electron chi connectivity index (χ1n) is 10.5. The molecule has 0 N–H and O–H groups in total. The van der Waals surface area contributed by atoms with E-state index in [-0.39, 0.29) is 5.78 Å². The van der Waals surface area contributed by atoms with Gasteiger partial charge in [-0.1, -0.05) is 42.5 Å². The van der Waals surface area contributed by atoms with Gasteiger partial charge in [0.1, 0.15) is 11.4 Å². The second kappa shape index (κ2) is 7.85. The minimum Gasteiger partial charge on any atom is -0.497 e. The van der Waals surface area contributed by atoms with E-state index in [0.717, 1.165) is 38.8 Å². The summed E-state index contributed by atoms with van der Waals surface area (Å²) in [4.78, 5) is 13.3. The summed E-state index contributed by atoms with van der Waals surface area (Å²) in [5.41, 5.74) is 5.08. The van der Waals surface area contributed by atoms with E-state index in [1.807, 2.05) is 78.2 Å². The van der Waals surface area contributed by atoms with Crippen LogP contribution in [-0.2, 0) is 6.54 Å². The fourth-order valence-corrected chi connectivity index (χ4v) is 4.25. The van der Waals surface area contributed by atoms with E-state index in [1.165, 1.54) is 0 Å². The van der Waals surface area contributed by atoms with Crippen LogP contribution in [0.2, 0.25) is 0 Å². The molecule has 0 unspecified atom stereocenters. The zero-order valence-corrected chi connectivity index (χ0v) is 18.1. The van der Waals surface area contributed by atoms with Crippen molar-refractivity contribution in [3.05, 3.63) is 96.2 Å². The van der Waals surface area contributed by atoms with Gasteiger partial charge in [0.05, 0.1) is 29.4 Å². The number of fused-ring (bicyclic) bond motifs is 4. The molecule has 0 fully saturated rings. The Labute approximate surface area is 185 Å². The standard InChI is InChI=1S/C27H23N3O2/c1-4-15-29-23-7-5-6-8-24(23)30-27(29)26(18(2)28-30)25(31)14-10-19-9-11-21-17-22(32-3)13-12-20(21)16-19/h4-14,16-17H,1,15H2,2-3H3/b14-10+. The maximum absolute atomic E-state index is 13.3. The molecule has 2 heterocycles. The zero-order chi connectivity index (χ0) is 22.2. The SMILES string of the molecule is C=CCn1c2ccccc2n2nc(C)c(C(=O)/C=C/c3ccc4cc(OC)ccc4c3)c12. The lowest BCUT2D eigenvalue weighted by atomic mass is 10.1. The third kappa shape index (κ3) is 3.19. The molecule has 158 valence electrons. The van der Waals surface area contributed by atoms with Gasteiger partial charge < -0.3 is 9.30 Å². The Morgan fingerprint density at radius 3 is 2.59 bits per heavy atom. The van der Waals surface area contributed by atoms with E-state index in [1.54, 1.807) is 13.2 Å². The van der Waals surface area contributed by atoms with Gasteiger partial charge in [-0.25, -0.2) is 4.52 Å². The summed E-state index contributed by atoms with van der Waals surface area (Å²) in [5.74, 6) is 0.757. The van der Waals surface area contributed by atoms with Crippen LogP contribution in [0, 0.1) is 6.92 Å². The minimum atomic E-state index is -0.0690. The van der Waals surface area contributed by atoms with Crippen LogP contribution in [0.4, 0.5) is 0 Å². The van der Waals surface area contributed by atoms with Crippen LogP contribution < -0.4 is 4.74 Å². The van der Waals surface area contributed by atoms with Crippen LogP contribution in [0.3, 0.4) is 0 Å². The maximum atomic E-state index is 13.3. The second-order valence-electron chi connectivity index (χ2n) is 7.75. The Bertz CT molecular complexity index is 1540. The van der Waals surface area contributed by atoms with Crippen LogP contribution in [0.25, 0.3) is 33.5 Å². The smallest absolute Gasteiger partial charge is 0.191 e. The van der Waals surface area contributed by atoms with E-state index in [0.29, 0.717) is 17.8 Å². The largest absolute Gasteiger partial charge is 0.497 e. The van der Waals surface area contributed by atoms with Gasteiger partial charge in [0.15, 0.2) is 5.78 Å². The molecular weight excluding hydrogens is 398 g/mol. The number of carbonyl (C=O) groups is 1. The number of para-hydroxylation sites is 2. The van der Waals surface area contributed by atoms with Crippen molar-refractivity contribution in [2.45, 2.75) is 13.5 Å². The first kappa shape index (κ1) is 19.8. The molecule has 0 aliphatic rings. The Hall–Kier alpha value is -4.12. The van der Waals surface area contributed by atoms with E-state index < -0.39 is 0 Å². The lowest BCUT2D eigenvalue weighted by Gasteiger charge is -2.04. The van der Waals surface area contributed by atoms with Gasteiger partial charge in [-0.3, -0.25) is 4.79 Å². The highest BCUT2D eigenvalue weighted by molar-refractivity contribution is 6.12. The number of rotatable bonds is 6. The van der Waals surface area contributed by atoms with Crippen LogP contribution in [0.5, 0.6) is 5.75 Å². The van der Waals surface area contributed by atoms with Gasteiger partial charge >= 0.3 is 0 Å². The average molecular weight is 422 g/mol. The molecule has 2 aromatic heterocycles. The third-order valence-electron chi connectivity index (χ3n) is 5.75. The summed E-state index contributed by atoms with van der Waals surface area (Å²) >= 11 is 0. The van der Waals surface area contributed by atoms with Crippen molar-refractivity contribution in [2.75, 3.05) is 7.11 Å². The van der Waals surface area contributed by atoms with E-state index in [4.69, 9.17) is 4.74 Å². The summed E-state index contributed by atoms with van der Waals surface area (Å²) in [7, 11) is 1.66. The topological polar surface area (TPSA) is 48.5 Å². The lowest BCUT2D eigenvalue weighted by molar-refractivity contribution is 0.104. The Morgan fingerprint density at radius 1 is 1.06 bits per heavy atom. The van der Waals surface area contributed by atoms with Crippen LogP contribution in [0.15, 0.2) is 79.4 Å². The Kier molecular flexibility index (Phi) is 4.86. The number of aryl methyl sites for hydroxylation is 1. The zero-order valence-electron chi connectivity index (χ0n) is 18.1. The molecule has 5 aromatic rings. The molecule has 0 aliphatic heterocycles. The lowest BCUT2D eigenvalue weighted by Crippen LogP contribution is -2.02. The van der Waals surface area contributed by atoms with Crippen LogP contribution in [-0.4, -0.2) is 27.1 Å². The number of imidazole rings is 1. The summed E-state index contributed by atoms with van der Waals surface area (Å²) in [5, 5.41) is 6.86. The molecule has 5 rings (SSSR count). The van der Waals surface area contributed by atoms with E-state index in [9.17, 15) is 4.79 Å². The number of ether oxygens (including phenoxy) is 1. The highest BCUT2D eigenvalue weighted by atomic mass is 16.5. The highest BCUT2D eigenvalue weighted by Gasteiger charge is 2.21. The fourth-order valence-electron chi connectivity index (χ4n) is 4.25. The van der Waals surface area contributed by atoms with Gasteiger partial charge in [-0.05, 0) is 59.7 Å². The van der Waals surface area contributed by atoms with Crippen molar-refractivity contribution >= 4 is 39.3 Å². The van der Waals surface area contributed by atoms with Crippen molar-refractivity contribution in [1.29, 1.82) is 0 Å². The van der Waals surface area contributed by atoms with Gasteiger partial charge in [-0.2, -0.15) is 5.10 Å². The number of nitrogens with zero attached hydrogens (tertiary/aromatic N) is 3. The molecule has 5 heteroatoms. The average Bonchev–Trinajstić information content (AvgIpc) is 3.31. The van der Waals surface area contributed by atoms with Crippen molar-refractivity contribution in [1.82, 2.24) is 14.2 Å². The number of ketones is 1. The van der Waals surface area contributed by atoms with Crippen molar-refractivity contribution < 1.29 is 9.53 Å². The molecule has 0 atom stereocenters. The number of carbonyl (C=O) groups excluding carboxylic acids is 1. The molecular formula is C27H23N3O2.